The average molecular weight is 361 g/mol. The van der Waals surface area contributed by atoms with Crippen LogP contribution >= 0.6 is 0 Å². The van der Waals surface area contributed by atoms with E-state index in [1.807, 2.05) is 60.7 Å². The number of aliphatic hydroxyl groups excluding tert-OH is 1. The minimum Gasteiger partial charge on any atom is -0.503 e. The molecule has 0 unspecified atom stereocenters. The number of nitrogens with zero attached hydrogens (tertiary/aromatic N) is 1. The summed E-state index contributed by atoms with van der Waals surface area (Å²) < 4.78 is 10.6. The van der Waals surface area contributed by atoms with Gasteiger partial charge in [-0.2, -0.15) is 0 Å². The lowest BCUT2D eigenvalue weighted by molar-refractivity contribution is -0.130. The van der Waals surface area contributed by atoms with Crippen molar-refractivity contribution in [2.75, 3.05) is 7.11 Å². The number of amides is 1. The van der Waals surface area contributed by atoms with Gasteiger partial charge in [0.25, 0.3) is 5.91 Å². The van der Waals surface area contributed by atoms with Crippen molar-refractivity contribution in [2.24, 2.45) is 0 Å². The zero-order valence-corrected chi connectivity index (χ0v) is 14.8. The van der Waals surface area contributed by atoms with Gasteiger partial charge in [0, 0.05) is 5.57 Å². The van der Waals surface area contributed by atoms with Crippen LogP contribution in [-0.4, -0.2) is 23.0 Å². The topological polar surface area (TPSA) is 62.9 Å². The summed E-state index contributed by atoms with van der Waals surface area (Å²) in [6.45, 7) is 0.273. The molecule has 0 radical (unpaired) electrons. The van der Waals surface area contributed by atoms with E-state index in [0.29, 0.717) is 17.1 Å². The van der Waals surface area contributed by atoms with Crippen molar-refractivity contribution in [3.05, 3.63) is 95.6 Å². The lowest BCUT2D eigenvalue weighted by atomic mass is 9.93. The maximum absolute atomic E-state index is 12.9. The van der Waals surface area contributed by atoms with Gasteiger partial charge in [-0.15, -0.1) is 0 Å². The molecule has 0 saturated heterocycles. The summed E-state index contributed by atoms with van der Waals surface area (Å²) in [5.74, 6) is 0.728. The number of aliphatic hydroxyl groups is 1. The van der Waals surface area contributed by atoms with Gasteiger partial charge in [-0.25, -0.2) is 0 Å². The van der Waals surface area contributed by atoms with E-state index < -0.39 is 11.9 Å². The summed E-state index contributed by atoms with van der Waals surface area (Å²) in [5.41, 5.74) is 2.28. The number of carbonyl (C=O) groups is 1. The Morgan fingerprint density at radius 3 is 2.41 bits per heavy atom. The van der Waals surface area contributed by atoms with Gasteiger partial charge in [-0.3, -0.25) is 4.79 Å². The number of ether oxygens (including phenoxy) is 1. The first-order valence-electron chi connectivity index (χ1n) is 8.65. The van der Waals surface area contributed by atoms with E-state index in [9.17, 15) is 9.90 Å². The quantitative estimate of drug-likeness (QED) is 0.734. The highest BCUT2D eigenvalue weighted by atomic mass is 16.5. The largest absolute Gasteiger partial charge is 0.503 e. The normalized spacial score (nSPS) is 16.9. The maximum atomic E-state index is 12.9. The fraction of sp³-hybridized carbons (Fsp3) is 0.136. The van der Waals surface area contributed by atoms with Crippen LogP contribution in [-0.2, 0) is 11.3 Å². The Morgan fingerprint density at radius 2 is 1.78 bits per heavy atom. The van der Waals surface area contributed by atoms with E-state index in [0.717, 1.165) is 11.1 Å². The predicted octanol–water partition coefficient (Wildman–Crippen LogP) is 4.34. The molecule has 2 aromatic carbocycles. The molecule has 0 fully saturated rings. The van der Waals surface area contributed by atoms with Gasteiger partial charge in [0.2, 0.25) is 0 Å². The summed E-state index contributed by atoms with van der Waals surface area (Å²) in [4.78, 5) is 14.5. The highest BCUT2D eigenvalue weighted by molar-refractivity contribution is 6.05. The number of carbonyl (C=O) groups excluding carboxylic acids is 1. The molecule has 0 spiro atoms. The third-order valence-corrected chi connectivity index (χ3v) is 4.73. The van der Waals surface area contributed by atoms with E-state index in [1.165, 1.54) is 0 Å². The minimum absolute atomic E-state index is 0.236. The summed E-state index contributed by atoms with van der Waals surface area (Å²) >= 11 is 0. The highest BCUT2D eigenvalue weighted by Gasteiger charge is 2.41. The van der Waals surface area contributed by atoms with E-state index >= 15 is 0 Å². The molecule has 2 heterocycles. The predicted molar refractivity (Wildman–Crippen MR) is 101 cm³/mol. The number of rotatable bonds is 5. The van der Waals surface area contributed by atoms with Gasteiger partial charge in [0.15, 0.2) is 5.76 Å². The summed E-state index contributed by atoms with van der Waals surface area (Å²) in [6.07, 6.45) is 1.57. The Labute approximate surface area is 157 Å². The first-order valence-corrected chi connectivity index (χ1v) is 8.65. The molecule has 136 valence electrons. The Hall–Kier alpha value is -3.47. The zero-order valence-electron chi connectivity index (χ0n) is 14.8. The van der Waals surface area contributed by atoms with Crippen LogP contribution in [0, 0.1) is 0 Å². The maximum Gasteiger partial charge on any atom is 0.290 e. The second-order valence-electron chi connectivity index (χ2n) is 6.32. The minimum atomic E-state index is -0.411. The van der Waals surface area contributed by atoms with Crippen LogP contribution in [0.1, 0.15) is 22.9 Å². The molecular weight excluding hydrogens is 342 g/mol. The molecule has 27 heavy (non-hydrogen) atoms. The van der Waals surface area contributed by atoms with Gasteiger partial charge in [-0.05, 0) is 35.4 Å². The molecule has 0 bridgehead atoms. The van der Waals surface area contributed by atoms with Crippen LogP contribution in [0.2, 0.25) is 0 Å². The lowest BCUT2D eigenvalue weighted by Crippen LogP contribution is -2.29. The van der Waals surface area contributed by atoms with E-state index in [4.69, 9.17) is 9.15 Å². The Morgan fingerprint density at radius 1 is 1.04 bits per heavy atom. The fourth-order valence-corrected chi connectivity index (χ4v) is 3.43. The van der Waals surface area contributed by atoms with Crippen molar-refractivity contribution in [3.8, 4) is 5.75 Å². The summed E-state index contributed by atoms with van der Waals surface area (Å²) in [6, 6.07) is 20.2. The molecule has 1 N–H and O–H groups in total. The van der Waals surface area contributed by atoms with Crippen LogP contribution in [0.5, 0.6) is 5.75 Å². The molecule has 1 aromatic heterocycles. The number of benzene rings is 2. The lowest BCUT2D eigenvalue weighted by Gasteiger charge is -2.26. The van der Waals surface area contributed by atoms with Crippen LogP contribution in [0.4, 0.5) is 0 Å². The zero-order chi connectivity index (χ0) is 18.8. The third-order valence-electron chi connectivity index (χ3n) is 4.73. The first kappa shape index (κ1) is 17.0. The molecule has 0 aliphatic carbocycles. The summed E-state index contributed by atoms with van der Waals surface area (Å²) in [5, 5.41) is 10.7. The van der Waals surface area contributed by atoms with E-state index in [2.05, 4.69) is 0 Å². The van der Waals surface area contributed by atoms with Crippen molar-refractivity contribution in [2.45, 2.75) is 12.6 Å². The number of hydrogen-bond donors (Lipinski definition) is 1. The third kappa shape index (κ3) is 3.08. The second-order valence-corrected chi connectivity index (χ2v) is 6.32. The standard InChI is InChI=1S/C22H19NO4/c1-26-17-11-9-15(10-12-17)19-20(16-6-3-2-4-7-16)23(22(25)21(19)24)14-18-8-5-13-27-18/h2-13,20,24H,14H2,1H3/t20-/m0/s1. The molecule has 4 rings (SSSR count). The molecule has 0 saturated carbocycles. The van der Waals surface area contributed by atoms with Crippen LogP contribution in [0.3, 0.4) is 0 Å². The first-order chi connectivity index (χ1) is 13.2. The molecule has 5 heteroatoms. The van der Waals surface area contributed by atoms with Crippen LogP contribution < -0.4 is 4.74 Å². The molecular formula is C22H19NO4. The smallest absolute Gasteiger partial charge is 0.290 e. The SMILES string of the molecule is COc1ccc(C2=C(O)C(=O)N(Cc3ccco3)[C@H]2c2ccccc2)cc1. The molecule has 1 atom stereocenters. The molecule has 3 aromatic rings. The average Bonchev–Trinajstić information content (AvgIpc) is 3.31. The molecule has 1 aliphatic heterocycles. The van der Waals surface area contributed by atoms with Gasteiger partial charge >= 0.3 is 0 Å². The van der Waals surface area contributed by atoms with Crippen LogP contribution in [0.25, 0.3) is 5.57 Å². The monoisotopic (exact) mass is 361 g/mol. The molecule has 1 amide bonds. The number of hydrogen-bond acceptors (Lipinski definition) is 4. The summed E-state index contributed by atoms with van der Waals surface area (Å²) in [7, 11) is 1.60. The fourth-order valence-electron chi connectivity index (χ4n) is 3.43. The van der Waals surface area contributed by atoms with Crippen molar-refractivity contribution in [1.82, 2.24) is 4.90 Å². The highest BCUT2D eigenvalue weighted by Crippen LogP contribution is 2.43. The molecule has 1 aliphatic rings. The Balaban J connectivity index is 1.80. The van der Waals surface area contributed by atoms with Crippen molar-refractivity contribution < 1.29 is 19.1 Å². The van der Waals surface area contributed by atoms with E-state index in [1.54, 1.807) is 24.3 Å². The van der Waals surface area contributed by atoms with Crippen molar-refractivity contribution >= 4 is 11.5 Å². The molecule has 5 nitrogen and oxygen atoms in total. The Bertz CT molecular complexity index is 959. The number of methoxy groups -OCH3 is 1. The second kappa shape index (κ2) is 7.03. The Kier molecular flexibility index (Phi) is 4.42. The van der Waals surface area contributed by atoms with Gasteiger partial charge in [0.1, 0.15) is 11.5 Å². The van der Waals surface area contributed by atoms with Gasteiger partial charge in [-0.1, -0.05) is 42.5 Å². The number of furan rings is 1. The van der Waals surface area contributed by atoms with Crippen molar-refractivity contribution in [1.29, 1.82) is 0 Å². The van der Waals surface area contributed by atoms with Gasteiger partial charge < -0.3 is 19.2 Å². The van der Waals surface area contributed by atoms with Gasteiger partial charge in [0.05, 0.1) is 26.0 Å². The van der Waals surface area contributed by atoms with E-state index in [-0.39, 0.29) is 12.3 Å². The van der Waals surface area contributed by atoms with Crippen molar-refractivity contribution in [3.63, 3.8) is 0 Å². The van der Waals surface area contributed by atoms with Crippen LogP contribution in [0.15, 0.2) is 83.2 Å².